The predicted molar refractivity (Wildman–Crippen MR) is 96.3 cm³/mol. The summed E-state index contributed by atoms with van der Waals surface area (Å²) in [4.78, 5) is 20.9. The lowest BCUT2D eigenvalue weighted by molar-refractivity contribution is -0.137. The normalized spacial score (nSPS) is 25.5. The fourth-order valence-electron chi connectivity index (χ4n) is 4.11. The molecule has 8 nitrogen and oxygen atoms in total. The topological polar surface area (TPSA) is 95.7 Å². The van der Waals surface area contributed by atoms with E-state index in [0.717, 1.165) is 11.0 Å². The molecule has 2 fully saturated rings. The predicted octanol–water partition coefficient (Wildman–Crippen LogP) is -0.662. The Bertz CT molecular complexity index is 926. The molecule has 1 amide bonds. The van der Waals surface area contributed by atoms with Crippen LogP contribution < -0.4 is 0 Å². The minimum absolute atomic E-state index is 0.00396. The quantitative estimate of drug-likeness (QED) is 0.759. The van der Waals surface area contributed by atoms with Gasteiger partial charge in [0.1, 0.15) is 6.54 Å². The van der Waals surface area contributed by atoms with E-state index in [2.05, 4.69) is 4.98 Å². The van der Waals surface area contributed by atoms with Crippen LogP contribution >= 0.6 is 0 Å². The fraction of sp³-hybridized carbons (Fsp3) is 0.529. The molecule has 0 aliphatic carbocycles. The number of carbonyl (C=O) groups is 1. The maximum Gasteiger partial charge on any atom is 0.242 e. The fourth-order valence-corrected chi connectivity index (χ4v) is 6.13. The molecule has 1 aromatic heterocycles. The first-order valence-corrected chi connectivity index (χ1v) is 10.6. The smallest absolute Gasteiger partial charge is 0.242 e. The van der Waals surface area contributed by atoms with Gasteiger partial charge in [-0.25, -0.2) is 13.4 Å². The van der Waals surface area contributed by atoms with Crippen LogP contribution in [0, 0.1) is 0 Å². The van der Waals surface area contributed by atoms with Crippen molar-refractivity contribution in [3.05, 3.63) is 30.6 Å². The number of sulfone groups is 1. The molecule has 0 bridgehead atoms. The Hall–Kier alpha value is -1.97. The monoisotopic (exact) mass is 378 g/mol. The van der Waals surface area contributed by atoms with Gasteiger partial charge in [-0.15, -0.1) is 0 Å². The Balaban J connectivity index is 1.56. The number of benzene rings is 1. The van der Waals surface area contributed by atoms with E-state index in [-0.39, 0.29) is 42.6 Å². The second-order valence-electron chi connectivity index (χ2n) is 6.92. The zero-order chi connectivity index (χ0) is 18.3. The lowest BCUT2D eigenvalue weighted by Crippen LogP contribution is -2.61. The van der Waals surface area contributed by atoms with Crippen LogP contribution in [0.3, 0.4) is 0 Å². The van der Waals surface area contributed by atoms with Gasteiger partial charge in [0, 0.05) is 25.7 Å². The summed E-state index contributed by atoms with van der Waals surface area (Å²) < 4.78 is 26.1. The van der Waals surface area contributed by atoms with Crippen molar-refractivity contribution in [2.24, 2.45) is 0 Å². The minimum Gasteiger partial charge on any atom is -0.395 e. The van der Waals surface area contributed by atoms with E-state index in [1.807, 2.05) is 29.2 Å². The van der Waals surface area contributed by atoms with Crippen LogP contribution in [0.25, 0.3) is 11.0 Å². The molecule has 0 radical (unpaired) electrons. The maximum absolute atomic E-state index is 12.9. The molecule has 2 atom stereocenters. The number of hydrogen-bond acceptors (Lipinski definition) is 6. The lowest BCUT2D eigenvalue weighted by Gasteiger charge is -2.43. The Labute approximate surface area is 151 Å². The highest BCUT2D eigenvalue weighted by Gasteiger charge is 2.47. The van der Waals surface area contributed by atoms with E-state index < -0.39 is 9.84 Å². The zero-order valence-electron chi connectivity index (χ0n) is 14.4. The number of piperazine rings is 1. The molecule has 2 aromatic rings. The highest BCUT2D eigenvalue weighted by atomic mass is 32.2. The molecule has 2 aliphatic rings. The first-order chi connectivity index (χ1) is 12.5. The van der Waals surface area contributed by atoms with Crippen molar-refractivity contribution < 1.29 is 18.3 Å². The van der Waals surface area contributed by atoms with Crippen molar-refractivity contribution in [2.45, 2.75) is 18.6 Å². The highest BCUT2D eigenvalue weighted by Crippen LogP contribution is 2.27. The van der Waals surface area contributed by atoms with Gasteiger partial charge in [0.25, 0.3) is 0 Å². The molecule has 0 spiro atoms. The largest absolute Gasteiger partial charge is 0.395 e. The Morgan fingerprint density at radius 2 is 1.96 bits per heavy atom. The van der Waals surface area contributed by atoms with Gasteiger partial charge < -0.3 is 14.6 Å². The van der Waals surface area contributed by atoms with Crippen molar-refractivity contribution in [2.75, 3.05) is 37.7 Å². The number of carbonyl (C=O) groups excluding carboxylic acids is 1. The van der Waals surface area contributed by atoms with E-state index in [0.29, 0.717) is 19.6 Å². The summed E-state index contributed by atoms with van der Waals surface area (Å²) >= 11 is 0. The number of para-hydroxylation sites is 2. The number of amides is 1. The third-order valence-corrected chi connectivity index (χ3v) is 7.03. The van der Waals surface area contributed by atoms with E-state index in [1.54, 1.807) is 15.8 Å². The average Bonchev–Trinajstić information content (AvgIpc) is 3.15. The van der Waals surface area contributed by atoms with Gasteiger partial charge in [0.05, 0.1) is 41.5 Å². The summed E-state index contributed by atoms with van der Waals surface area (Å²) in [6.07, 6.45) is 1.65. The summed E-state index contributed by atoms with van der Waals surface area (Å²) in [5.41, 5.74) is 1.71. The first kappa shape index (κ1) is 17.4. The molecule has 0 saturated carbocycles. The minimum atomic E-state index is -3.18. The van der Waals surface area contributed by atoms with E-state index in [1.165, 1.54) is 0 Å². The second-order valence-corrected chi connectivity index (χ2v) is 9.07. The molecule has 2 aliphatic heterocycles. The standard InChI is InChI=1S/C17H22N4O4S/c22-8-7-19-5-6-21(16-11-26(24,25)10-15(16)19)17(23)9-20-12-18-13-3-1-2-4-14(13)20/h1-4,12,15-16,22H,5-11H2. The molecule has 2 unspecified atom stereocenters. The third kappa shape index (κ3) is 3.10. The molecule has 2 saturated heterocycles. The van der Waals surface area contributed by atoms with Gasteiger partial charge >= 0.3 is 0 Å². The molecule has 9 heteroatoms. The van der Waals surface area contributed by atoms with Gasteiger partial charge in [0.2, 0.25) is 5.91 Å². The molecular formula is C17H22N4O4S. The Morgan fingerprint density at radius 1 is 1.19 bits per heavy atom. The highest BCUT2D eigenvalue weighted by molar-refractivity contribution is 7.91. The van der Waals surface area contributed by atoms with Crippen molar-refractivity contribution in [3.8, 4) is 0 Å². The van der Waals surface area contributed by atoms with Crippen molar-refractivity contribution in [3.63, 3.8) is 0 Å². The molecule has 4 rings (SSSR count). The SMILES string of the molecule is O=C(Cn1cnc2ccccc21)N1CCN(CCO)C2CS(=O)(=O)CC21. The van der Waals surface area contributed by atoms with Gasteiger partial charge in [0.15, 0.2) is 9.84 Å². The summed E-state index contributed by atoms with van der Waals surface area (Å²) in [5, 5.41) is 9.23. The van der Waals surface area contributed by atoms with E-state index in [4.69, 9.17) is 0 Å². The molecule has 26 heavy (non-hydrogen) atoms. The summed E-state index contributed by atoms with van der Waals surface area (Å²) in [6, 6.07) is 7.03. The number of fused-ring (bicyclic) bond motifs is 2. The third-order valence-electron chi connectivity index (χ3n) is 5.33. The number of aliphatic hydroxyl groups excluding tert-OH is 1. The Morgan fingerprint density at radius 3 is 2.77 bits per heavy atom. The van der Waals surface area contributed by atoms with Crippen LogP contribution in [0.1, 0.15) is 0 Å². The number of hydrogen-bond donors (Lipinski definition) is 1. The van der Waals surface area contributed by atoms with Gasteiger partial charge in [-0.2, -0.15) is 0 Å². The first-order valence-electron chi connectivity index (χ1n) is 8.73. The maximum atomic E-state index is 12.9. The number of β-amino-alcohol motifs (C(OH)–C–C–N with tert-alkyl or cyclic N) is 1. The molecule has 140 valence electrons. The Kier molecular flexibility index (Phi) is 4.45. The van der Waals surface area contributed by atoms with Crippen LogP contribution in [0.5, 0.6) is 0 Å². The number of imidazole rings is 1. The number of rotatable bonds is 4. The van der Waals surface area contributed by atoms with E-state index >= 15 is 0 Å². The summed E-state index contributed by atoms with van der Waals surface area (Å²) in [7, 11) is -3.18. The summed E-state index contributed by atoms with van der Waals surface area (Å²) in [5.74, 6) is -0.0465. The van der Waals surface area contributed by atoms with Crippen LogP contribution in [0.15, 0.2) is 30.6 Å². The van der Waals surface area contributed by atoms with Crippen LogP contribution in [0.4, 0.5) is 0 Å². The van der Waals surface area contributed by atoms with Crippen LogP contribution in [-0.2, 0) is 21.2 Å². The van der Waals surface area contributed by atoms with Crippen LogP contribution in [-0.4, -0.2) is 88.6 Å². The molecular weight excluding hydrogens is 356 g/mol. The number of aromatic nitrogens is 2. The molecule has 1 N–H and O–H groups in total. The van der Waals surface area contributed by atoms with E-state index in [9.17, 15) is 18.3 Å². The molecule has 1 aromatic carbocycles. The van der Waals surface area contributed by atoms with Crippen LogP contribution in [0.2, 0.25) is 0 Å². The molecule has 3 heterocycles. The summed E-state index contributed by atoms with van der Waals surface area (Å²) in [6.45, 7) is 1.61. The second kappa shape index (κ2) is 6.64. The van der Waals surface area contributed by atoms with Gasteiger partial charge in [-0.1, -0.05) is 12.1 Å². The number of aliphatic hydroxyl groups is 1. The number of nitrogens with zero attached hydrogens (tertiary/aromatic N) is 4. The zero-order valence-corrected chi connectivity index (χ0v) is 15.2. The average molecular weight is 378 g/mol. The van der Waals surface area contributed by atoms with Crippen molar-refractivity contribution >= 4 is 26.8 Å². The van der Waals surface area contributed by atoms with Gasteiger partial charge in [-0.05, 0) is 12.1 Å². The van der Waals surface area contributed by atoms with Crippen molar-refractivity contribution in [1.29, 1.82) is 0 Å². The van der Waals surface area contributed by atoms with Crippen molar-refractivity contribution in [1.82, 2.24) is 19.4 Å². The van der Waals surface area contributed by atoms with Gasteiger partial charge in [-0.3, -0.25) is 9.69 Å². The lowest BCUT2D eigenvalue weighted by atomic mass is 10.0.